The molecule has 1 saturated carbocycles. The van der Waals surface area contributed by atoms with Crippen LogP contribution in [0.1, 0.15) is 25.7 Å². The number of para-hydroxylation sites is 1. The molecule has 1 N–H and O–H groups in total. The summed E-state index contributed by atoms with van der Waals surface area (Å²) >= 11 is 0. The number of carbonyl (C=O) groups excluding carboxylic acids is 2. The second kappa shape index (κ2) is 7.46. The predicted molar refractivity (Wildman–Crippen MR) is 89.5 cm³/mol. The third-order valence-electron chi connectivity index (χ3n) is 4.81. The smallest absolute Gasteiger partial charge is 0.261 e. The highest BCUT2D eigenvalue weighted by molar-refractivity contribution is 5.78. The van der Waals surface area contributed by atoms with Gasteiger partial charge in [0.1, 0.15) is 6.54 Å². The quantitative estimate of drug-likeness (QED) is 0.828. The summed E-state index contributed by atoms with van der Waals surface area (Å²) in [6.45, 7) is 0.416. The Labute approximate surface area is 144 Å². The van der Waals surface area contributed by atoms with Gasteiger partial charge in [0.2, 0.25) is 5.91 Å². The van der Waals surface area contributed by atoms with Crippen LogP contribution >= 0.6 is 0 Å². The van der Waals surface area contributed by atoms with Gasteiger partial charge in [-0.15, -0.1) is 0 Å². The summed E-state index contributed by atoms with van der Waals surface area (Å²) in [6, 6.07) is 7.01. The molecule has 0 spiro atoms. The lowest BCUT2D eigenvalue weighted by Crippen LogP contribution is -2.38. The largest absolute Gasteiger partial charge is 0.550 e. The van der Waals surface area contributed by atoms with Crippen LogP contribution < -0.4 is 16.0 Å². The molecule has 0 atom stereocenters. The SMILES string of the molecule is O=C(Cn1cnc2ccccc2c1=O)NCC1CCC(C(=O)[O-])CC1. The first-order valence-corrected chi connectivity index (χ1v) is 8.46. The lowest BCUT2D eigenvalue weighted by Gasteiger charge is -2.29. The second-order valence-corrected chi connectivity index (χ2v) is 6.54. The number of amides is 1. The molecule has 0 aliphatic heterocycles. The molecule has 25 heavy (non-hydrogen) atoms. The van der Waals surface area contributed by atoms with Gasteiger partial charge in [-0.05, 0) is 49.7 Å². The summed E-state index contributed by atoms with van der Waals surface area (Å²) in [5.74, 6) is -1.33. The Morgan fingerprint density at radius 3 is 2.64 bits per heavy atom. The molecule has 0 saturated heterocycles. The average Bonchev–Trinajstić information content (AvgIpc) is 2.63. The normalized spacial score (nSPS) is 20.3. The molecular formula is C18H20N3O4-. The van der Waals surface area contributed by atoms with Crippen molar-refractivity contribution in [3.63, 3.8) is 0 Å². The highest BCUT2D eigenvalue weighted by Crippen LogP contribution is 2.27. The van der Waals surface area contributed by atoms with E-state index in [0.29, 0.717) is 30.3 Å². The van der Waals surface area contributed by atoms with Crippen molar-refractivity contribution >= 4 is 22.8 Å². The van der Waals surface area contributed by atoms with Gasteiger partial charge in [-0.25, -0.2) is 4.98 Å². The van der Waals surface area contributed by atoms with E-state index in [4.69, 9.17) is 0 Å². The number of hydrogen-bond acceptors (Lipinski definition) is 5. The van der Waals surface area contributed by atoms with E-state index in [2.05, 4.69) is 10.3 Å². The van der Waals surface area contributed by atoms with Crippen LogP contribution in [-0.4, -0.2) is 28.0 Å². The van der Waals surface area contributed by atoms with Crippen LogP contribution in [0.25, 0.3) is 10.9 Å². The monoisotopic (exact) mass is 342 g/mol. The van der Waals surface area contributed by atoms with Crippen LogP contribution in [0, 0.1) is 11.8 Å². The van der Waals surface area contributed by atoms with E-state index in [-0.39, 0.29) is 29.8 Å². The average molecular weight is 342 g/mol. The molecule has 0 unspecified atom stereocenters. The summed E-state index contributed by atoms with van der Waals surface area (Å²) in [7, 11) is 0. The number of nitrogens with one attached hydrogen (secondary N) is 1. The molecule has 132 valence electrons. The van der Waals surface area contributed by atoms with E-state index in [1.807, 2.05) is 0 Å². The lowest BCUT2D eigenvalue weighted by molar-refractivity contribution is -0.312. The number of rotatable bonds is 5. The zero-order valence-corrected chi connectivity index (χ0v) is 13.8. The molecular weight excluding hydrogens is 322 g/mol. The first-order valence-electron chi connectivity index (χ1n) is 8.46. The zero-order valence-electron chi connectivity index (χ0n) is 13.8. The third kappa shape index (κ3) is 4.04. The first-order chi connectivity index (χ1) is 12.0. The van der Waals surface area contributed by atoms with Crippen molar-refractivity contribution in [3.05, 3.63) is 40.9 Å². The fourth-order valence-corrected chi connectivity index (χ4v) is 3.29. The van der Waals surface area contributed by atoms with Crippen molar-refractivity contribution in [2.45, 2.75) is 32.2 Å². The van der Waals surface area contributed by atoms with Gasteiger partial charge in [-0.2, -0.15) is 0 Å². The highest BCUT2D eigenvalue weighted by atomic mass is 16.4. The van der Waals surface area contributed by atoms with Crippen molar-refractivity contribution in [2.75, 3.05) is 6.54 Å². The Bertz CT molecular complexity index is 838. The van der Waals surface area contributed by atoms with Gasteiger partial charge >= 0.3 is 0 Å². The summed E-state index contributed by atoms with van der Waals surface area (Å²) in [5, 5.41) is 14.2. The maximum Gasteiger partial charge on any atom is 0.261 e. The number of benzene rings is 1. The van der Waals surface area contributed by atoms with E-state index in [9.17, 15) is 19.5 Å². The lowest BCUT2D eigenvalue weighted by atomic mass is 9.82. The van der Waals surface area contributed by atoms with Gasteiger partial charge < -0.3 is 15.2 Å². The zero-order chi connectivity index (χ0) is 17.8. The van der Waals surface area contributed by atoms with Gasteiger partial charge in [0.15, 0.2) is 0 Å². The fraction of sp³-hybridized carbons (Fsp3) is 0.444. The van der Waals surface area contributed by atoms with E-state index in [1.165, 1.54) is 10.9 Å². The number of carbonyl (C=O) groups is 2. The van der Waals surface area contributed by atoms with Gasteiger partial charge in [0, 0.05) is 12.5 Å². The number of hydrogen-bond donors (Lipinski definition) is 1. The minimum absolute atomic E-state index is 0.0783. The van der Waals surface area contributed by atoms with Gasteiger partial charge in [0.05, 0.1) is 17.2 Å². The van der Waals surface area contributed by atoms with Crippen LogP contribution in [0.5, 0.6) is 0 Å². The van der Waals surface area contributed by atoms with E-state index in [1.54, 1.807) is 24.3 Å². The Hall–Kier alpha value is -2.70. The number of aliphatic carboxylic acids is 1. The minimum Gasteiger partial charge on any atom is -0.550 e. The standard InChI is InChI=1S/C18H21N3O4/c22-16(19-9-12-5-7-13(8-6-12)18(24)25)10-21-11-20-15-4-2-1-3-14(15)17(21)23/h1-4,11-13H,5-10H2,(H,19,22)(H,24,25)/p-1. The number of aromatic nitrogens is 2. The van der Waals surface area contributed by atoms with Gasteiger partial charge in [0.25, 0.3) is 5.56 Å². The maximum absolute atomic E-state index is 12.4. The maximum atomic E-state index is 12.4. The van der Waals surface area contributed by atoms with Gasteiger partial charge in [-0.3, -0.25) is 14.2 Å². The Morgan fingerprint density at radius 2 is 1.92 bits per heavy atom. The topological polar surface area (TPSA) is 104 Å². The summed E-state index contributed by atoms with van der Waals surface area (Å²) in [5.41, 5.74) is 0.365. The molecule has 1 aromatic carbocycles. The molecule has 0 bridgehead atoms. The second-order valence-electron chi connectivity index (χ2n) is 6.54. The van der Waals surface area contributed by atoms with Crippen LogP contribution in [0.2, 0.25) is 0 Å². The third-order valence-corrected chi connectivity index (χ3v) is 4.81. The fourth-order valence-electron chi connectivity index (χ4n) is 3.29. The van der Waals surface area contributed by atoms with E-state index < -0.39 is 5.97 Å². The molecule has 1 aliphatic carbocycles. The van der Waals surface area contributed by atoms with Crippen LogP contribution in [0.3, 0.4) is 0 Å². The Balaban J connectivity index is 1.54. The van der Waals surface area contributed by atoms with Crippen molar-refractivity contribution < 1.29 is 14.7 Å². The predicted octanol–water partition coefficient (Wildman–Crippen LogP) is 0.0690. The highest BCUT2D eigenvalue weighted by Gasteiger charge is 2.22. The van der Waals surface area contributed by atoms with Crippen LogP contribution in [-0.2, 0) is 16.1 Å². The van der Waals surface area contributed by atoms with Crippen LogP contribution in [0.4, 0.5) is 0 Å². The molecule has 1 fully saturated rings. The Morgan fingerprint density at radius 1 is 1.20 bits per heavy atom. The Kier molecular flexibility index (Phi) is 5.11. The summed E-state index contributed by atoms with van der Waals surface area (Å²) in [4.78, 5) is 39.5. The molecule has 2 aromatic rings. The van der Waals surface area contributed by atoms with E-state index >= 15 is 0 Å². The number of fused-ring (bicyclic) bond motifs is 1. The van der Waals surface area contributed by atoms with Gasteiger partial charge in [-0.1, -0.05) is 12.1 Å². The number of carboxylic acids is 1. The van der Waals surface area contributed by atoms with Crippen molar-refractivity contribution in [1.82, 2.24) is 14.9 Å². The van der Waals surface area contributed by atoms with Crippen LogP contribution in [0.15, 0.2) is 35.4 Å². The molecule has 1 aromatic heterocycles. The molecule has 7 nitrogen and oxygen atoms in total. The first kappa shape index (κ1) is 17.1. The minimum atomic E-state index is -0.981. The number of nitrogens with zero attached hydrogens (tertiary/aromatic N) is 2. The van der Waals surface area contributed by atoms with Crippen molar-refractivity contribution in [1.29, 1.82) is 0 Å². The summed E-state index contributed by atoms with van der Waals surface area (Å²) < 4.78 is 1.30. The molecule has 1 heterocycles. The van der Waals surface area contributed by atoms with Crippen molar-refractivity contribution in [3.8, 4) is 0 Å². The summed E-state index contributed by atoms with van der Waals surface area (Å²) in [6.07, 6.45) is 4.09. The molecule has 1 aliphatic rings. The van der Waals surface area contributed by atoms with Crippen molar-refractivity contribution in [2.24, 2.45) is 11.8 Å². The van der Waals surface area contributed by atoms with E-state index in [0.717, 1.165) is 12.8 Å². The molecule has 0 radical (unpaired) electrons. The molecule has 1 amide bonds. The molecule has 7 heteroatoms. The molecule has 3 rings (SSSR count). The number of carboxylic acid groups (broad SMARTS) is 1.